The molecule has 108 valence electrons. The van der Waals surface area contributed by atoms with E-state index in [-0.39, 0.29) is 22.9 Å². The van der Waals surface area contributed by atoms with Crippen LogP contribution in [0.1, 0.15) is 21.7 Å². The molecule has 2 rings (SSSR count). The van der Waals surface area contributed by atoms with E-state index in [1.165, 1.54) is 12.1 Å². The number of benzene rings is 1. The average Bonchev–Trinajstić information content (AvgIpc) is 2.43. The monoisotopic (exact) mass is 288 g/mol. The predicted octanol–water partition coefficient (Wildman–Crippen LogP) is 1.23. The number of nitrogens with zero attached hydrogens (tertiary/aromatic N) is 4. The number of nitrogens with one attached hydrogen (secondary N) is 1. The van der Waals surface area contributed by atoms with Crippen molar-refractivity contribution in [1.29, 1.82) is 0 Å². The van der Waals surface area contributed by atoms with Gasteiger partial charge < -0.3 is 5.73 Å². The molecule has 1 amide bonds. The van der Waals surface area contributed by atoms with Gasteiger partial charge in [0.15, 0.2) is 0 Å². The van der Waals surface area contributed by atoms with Gasteiger partial charge in [-0.25, -0.2) is 4.98 Å². The Hall–Kier alpha value is -3.10. The number of aryl methyl sites for hydroxylation is 2. The molecule has 0 fully saturated rings. The van der Waals surface area contributed by atoms with Crippen molar-refractivity contribution in [3.63, 3.8) is 0 Å². The Labute approximate surface area is 119 Å². The Balaban J connectivity index is 2.29. The molecule has 0 bridgehead atoms. The molecule has 3 N–H and O–H groups in total. The van der Waals surface area contributed by atoms with Crippen molar-refractivity contribution >= 4 is 23.2 Å². The van der Waals surface area contributed by atoms with Gasteiger partial charge in [0.1, 0.15) is 0 Å². The number of carbonyl (C=O) groups excluding carboxylic acids is 1. The lowest BCUT2D eigenvalue weighted by Gasteiger charge is -2.06. The molecule has 1 aromatic heterocycles. The lowest BCUT2D eigenvalue weighted by molar-refractivity contribution is -0.384. The van der Waals surface area contributed by atoms with E-state index in [1.807, 2.05) is 0 Å². The van der Waals surface area contributed by atoms with Crippen LogP contribution in [0.15, 0.2) is 18.2 Å². The lowest BCUT2D eigenvalue weighted by Crippen LogP contribution is -2.17. The van der Waals surface area contributed by atoms with E-state index in [2.05, 4.69) is 20.5 Å². The first-order valence-electron chi connectivity index (χ1n) is 5.91. The second-order valence-electron chi connectivity index (χ2n) is 4.29. The number of carbonyl (C=O) groups is 1. The zero-order valence-corrected chi connectivity index (χ0v) is 11.3. The van der Waals surface area contributed by atoms with Crippen molar-refractivity contribution in [1.82, 2.24) is 15.2 Å². The van der Waals surface area contributed by atoms with Gasteiger partial charge in [0.05, 0.1) is 21.9 Å². The smallest absolute Gasteiger partial charge is 0.270 e. The summed E-state index contributed by atoms with van der Waals surface area (Å²) in [5, 5.41) is 20.7. The highest BCUT2D eigenvalue weighted by Crippen LogP contribution is 2.20. The summed E-state index contributed by atoms with van der Waals surface area (Å²) >= 11 is 0. The van der Waals surface area contributed by atoms with E-state index in [9.17, 15) is 14.9 Å². The summed E-state index contributed by atoms with van der Waals surface area (Å²) in [5.41, 5.74) is 6.79. The maximum atomic E-state index is 12.1. The summed E-state index contributed by atoms with van der Waals surface area (Å²) in [6.07, 6.45) is 0. The van der Waals surface area contributed by atoms with Gasteiger partial charge >= 0.3 is 0 Å². The molecule has 0 unspecified atom stereocenters. The van der Waals surface area contributed by atoms with Gasteiger partial charge in [-0.2, -0.15) is 5.10 Å². The van der Waals surface area contributed by atoms with Gasteiger partial charge in [-0.05, 0) is 19.9 Å². The van der Waals surface area contributed by atoms with Crippen LogP contribution in [0.3, 0.4) is 0 Å². The first-order valence-corrected chi connectivity index (χ1v) is 5.91. The second kappa shape index (κ2) is 5.49. The third kappa shape index (κ3) is 3.08. The Morgan fingerprint density at radius 3 is 2.62 bits per heavy atom. The summed E-state index contributed by atoms with van der Waals surface area (Å²) in [6, 6.07) is 3.62. The summed E-state index contributed by atoms with van der Waals surface area (Å²) in [6.45, 7) is 3.46. The molecule has 21 heavy (non-hydrogen) atoms. The third-order valence-corrected chi connectivity index (χ3v) is 2.81. The maximum Gasteiger partial charge on any atom is 0.270 e. The van der Waals surface area contributed by atoms with E-state index in [1.54, 1.807) is 13.8 Å². The Morgan fingerprint density at radius 2 is 2.00 bits per heavy atom. The third-order valence-electron chi connectivity index (χ3n) is 2.81. The Morgan fingerprint density at radius 1 is 1.29 bits per heavy atom. The topological polar surface area (TPSA) is 137 Å². The van der Waals surface area contributed by atoms with Crippen molar-refractivity contribution in [2.24, 2.45) is 0 Å². The number of anilines is 2. The number of hydrogen-bond donors (Lipinski definition) is 2. The van der Waals surface area contributed by atoms with Crippen LogP contribution in [0.2, 0.25) is 0 Å². The van der Waals surface area contributed by atoms with Crippen molar-refractivity contribution in [3.8, 4) is 0 Å². The van der Waals surface area contributed by atoms with Crippen LogP contribution < -0.4 is 11.1 Å². The van der Waals surface area contributed by atoms with Crippen LogP contribution in [0, 0.1) is 24.0 Å². The van der Waals surface area contributed by atoms with Crippen LogP contribution in [-0.4, -0.2) is 26.0 Å². The van der Waals surface area contributed by atoms with Crippen molar-refractivity contribution in [3.05, 3.63) is 45.3 Å². The maximum absolute atomic E-state index is 12.1. The fraction of sp³-hybridized carbons (Fsp3) is 0.167. The molecule has 0 saturated carbocycles. The zero-order chi connectivity index (χ0) is 15.6. The van der Waals surface area contributed by atoms with Crippen molar-refractivity contribution < 1.29 is 9.72 Å². The summed E-state index contributed by atoms with van der Waals surface area (Å²) in [4.78, 5) is 26.2. The van der Waals surface area contributed by atoms with Gasteiger partial charge in [-0.15, -0.1) is 5.10 Å². The highest BCUT2D eigenvalue weighted by molar-refractivity contribution is 6.07. The largest absolute Gasteiger partial charge is 0.398 e. The number of aromatic nitrogens is 3. The zero-order valence-electron chi connectivity index (χ0n) is 11.3. The van der Waals surface area contributed by atoms with E-state index in [0.29, 0.717) is 11.4 Å². The number of nitrogens with two attached hydrogens (primary N) is 1. The molecule has 1 aromatic carbocycles. The second-order valence-corrected chi connectivity index (χ2v) is 4.29. The SMILES string of the molecule is Cc1nnc(NC(=O)c2cc([N+](=O)[O-])ccc2N)nc1C. The molecule has 0 aliphatic carbocycles. The molecule has 0 aliphatic heterocycles. The van der Waals surface area contributed by atoms with Crippen LogP contribution in [0.4, 0.5) is 17.3 Å². The molecule has 0 atom stereocenters. The Kier molecular flexibility index (Phi) is 3.74. The molecule has 2 aromatic rings. The standard InChI is InChI=1S/C12H12N6O3/c1-6-7(2)16-17-12(14-6)15-11(19)9-5-8(18(20)21)3-4-10(9)13/h3-5H,13H2,1-2H3,(H,14,15,17,19). The summed E-state index contributed by atoms with van der Waals surface area (Å²) < 4.78 is 0. The highest BCUT2D eigenvalue weighted by atomic mass is 16.6. The number of nitrogen functional groups attached to an aromatic ring is 1. The molecule has 0 spiro atoms. The molecule has 0 radical (unpaired) electrons. The lowest BCUT2D eigenvalue weighted by atomic mass is 10.1. The van der Waals surface area contributed by atoms with E-state index in [0.717, 1.165) is 6.07 Å². The van der Waals surface area contributed by atoms with Gasteiger partial charge in [0.2, 0.25) is 5.95 Å². The van der Waals surface area contributed by atoms with Crippen molar-refractivity contribution in [2.45, 2.75) is 13.8 Å². The molecular formula is C12H12N6O3. The van der Waals surface area contributed by atoms with Crippen LogP contribution in [-0.2, 0) is 0 Å². The van der Waals surface area contributed by atoms with Gasteiger partial charge in [-0.3, -0.25) is 20.2 Å². The number of nitro benzene ring substituents is 1. The van der Waals surface area contributed by atoms with Gasteiger partial charge in [0.25, 0.3) is 11.6 Å². The molecule has 0 aliphatic rings. The fourth-order valence-electron chi connectivity index (χ4n) is 1.53. The minimum absolute atomic E-state index is 0.00834. The summed E-state index contributed by atoms with van der Waals surface area (Å²) in [5.74, 6) is -0.629. The van der Waals surface area contributed by atoms with Crippen LogP contribution in [0.5, 0.6) is 0 Å². The number of nitro groups is 1. The number of rotatable bonds is 3. The van der Waals surface area contributed by atoms with E-state index < -0.39 is 10.8 Å². The molecule has 9 heteroatoms. The van der Waals surface area contributed by atoms with Crippen LogP contribution in [0.25, 0.3) is 0 Å². The normalized spacial score (nSPS) is 10.2. The number of amides is 1. The molecule has 1 heterocycles. The minimum Gasteiger partial charge on any atom is -0.398 e. The highest BCUT2D eigenvalue weighted by Gasteiger charge is 2.16. The van der Waals surface area contributed by atoms with Gasteiger partial charge in [0, 0.05) is 17.8 Å². The van der Waals surface area contributed by atoms with Crippen LogP contribution >= 0.6 is 0 Å². The van der Waals surface area contributed by atoms with Crippen molar-refractivity contribution in [2.75, 3.05) is 11.1 Å². The number of non-ortho nitro benzene ring substituents is 1. The van der Waals surface area contributed by atoms with E-state index in [4.69, 9.17) is 5.73 Å². The minimum atomic E-state index is -0.638. The summed E-state index contributed by atoms with van der Waals surface area (Å²) in [7, 11) is 0. The average molecular weight is 288 g/mol. The molecular weight excluding hydrogens is 276 g/mol. The number of hydrogen-bond acceptors (Lipinski definition) is 7. The first-order chi connectivity index (χ1) is 9.88. The Bertz CT molecular complexity index is 731. The quantitative estimate of drug-likeness (QED) is 0.492. The predicted molar refractivity (Wildman–Crippen MR) is 74.8 cm³/mol. The molecule has 9 nitrogen and oxygen atoms in total. The fourth-order valence-corrected chi connectivity index (χ4v) is 1.53. The molecule has 0 saturated heterocycles. The first kappa shape index (κ1) is 14.3. The van der Waals surface area contributed by atoms with Gasteiger partial charge in [-0.1, -0.05) is 0 Å². The van der Waals surface area contributed by atoms with E-state index >= 15 is 0 Å².